The van der Waals surface area contributed by atoms with Crippen molar-refractivity contribution in [2.75, 3.05) is 20.2 Å². The molecule has 1 amide bonds. The third kappa shape index (κ3) is 4.14. The Kier molecular flexibility index (Phi) is 4.34. The minimum absolute atomic E-state index is 0.0286. The molecule has 0 heterocycles. The highest BCUT2D eigenvalue weighted by atomic mass is 16.5. The summed E-state index contributed by atoms with van der Waals surface area (Å²) in [6.07, 6.45) is 5.83. The number of likely N-dealkylation sites (N-methyl/N-ethyl adjacent to an activating group) is 1. The first kappa shape index (κ1) is 11.8. The van der Waals surface area contributed by atoms with Crippen LogP contribution < -0.4 is 0 Å². The van der Waals surface area contributed by atoms with Gasteiger partial charge in [0.05, 0.1) is 7.11 Å². The quantitative estimate of drug-likeness (QED) is 0.503. The number of hydrogen-bond donors (Lipinski definition) is 0. The topological polar surface area (TPSA) is 46.6 Å². The van der Waals surface area contributed by atoms with Gasteiger partial charge in [-0.1, -0.05) is 6.08 Å². The minimum atomic E-state index is -0.384. The summed E-state index contributed by atoms with van der Waals surface area (Å²) < 4.78 is 4.51. The summed E-state index contributed by atoms with van der Waals surface area (Å²) in [5.41, 5.74) is 0. The van der Waals surface area contributed by atoms with Crippen molar-refractivity contribution >= 4 is 11.9 Å². The van der Waals surface area contributed by atoms with Gasteiger partial charge in [0.15, 0.2) is 0 Å². The number of carbonyl (C=O) groups is 2. The second-order valence-electron chi connectivity index (χ2n) is 3.63. The van der Waals surface area contributed by atoms with Crippen molar-refractivity contribution in [3.05, 3.63) is 12.2 Å². The fourth-order valence-corrected chi connectivity index (χ4v) is 1.18. The highest BCUT2D eigenvalue weighted by molar-refractivity contribution is 5.90. The number of rotatable bonds is 5. The molecule has 0 aromatic heterocycles. The van der Waals surface area contributed by atoms with E-state index in [1.54, 1.807) is 6.08 Å². The van der Waals surface area contributed by atoms with Crippen molar-refractivity contribution in [2.24, 2.45) is 5.92 Å². The molecule has 1 aliphatic rings. The summed E-state index contributed by atoms with van der Waals surface area (Å²) in [5, 5.41) is 0. The molecule has 1 rings (SSSR count). The second kappa shape index (κ2) is 5.53. The van der Waals surface area contributed by atoms with Gasteiger partial charge in [-0.05, 0) is 31.8 Å². The molecule has 0 unspecified atom stereocenters. The molecule has 0 aliphatic heterocycles. The molecule has 0 saturated heterocycles. The van der Waals surface area contributed by atoms with E-state index in [0.29, 0.717) is 12.5 Å². The van der Waals surface area contributed by atoms with Crippen LogP contribution in [0.5, 0.6) is 0 Å². The Balaban J connectivity index is 2.41. The number of allylic oxidation sites excluding steroid dienone is 1. The monoisotopic (exact) mass is 211 g/mol. The Bertz CT molecular complexity index is 269. The molecule has 84 valence electrons. The van der Waals surface area contributed by atoms with E-state index in [9.17, 15) is 9.59 Å². The van der Waals surface area contributed by atoms with Gasteiger partial charge in [-0.15, -0.1) is 0 Å². The summed E-state index contributed by atoms with van der Waals surface area (Å²) in [4.78, 5) is 24.0. The lowest BCUT2D eigenvalue weighted by Crippen LogP contribution is -2.34. The van der Waals surface area contributed by atoms with Gasteiger partial charge >= 0.3 is 5.97 Å². The molecule has 15 heavy (non-hydrogen) atoms. The third-order valence-corrected chi connectivity index (χ3v) is 2.37. The molecule has 0 spiro atoms. The van der Waals surface area contributed by atoms with Crippen molar-refractivity contribution in [3.8, 4) is 0 Å². The van der Waals surface area contributed by atoms with Crippen LogP contribution in [-0.4, -0.2) is 37.0 Å². The van der Waals surface area contributed by atoms with Crippen LogP contribution in [0, 0.1) is 5.92 Å². The van der Waals surface area contributed by atoms with Gasteiger partial charge in [0, 0.05) is 6.54 Å². The second-order valence-corrected chi connectivity index (χ2v) is 3.63. The summed E-state index contributed by atoms with van der Waals surface area (Å²) in [7, 11) is 1.32. The Morgan fingerprint density at radius 2 is 2.13 bits per heavy atom. The van der Waals surface area contributed by atoms with Crippen LogP contribution >= 0.6 is 0 Å². The zero-order valence-electron chi connectivity index (χ0n) is 9.23. The maximum Gasteiger partial charge on any atom is 0.325 e. The first-order valence-electron chi connectivity index (χ1n) is 5.21. The van der Waals surface area contributed by atoms with E-state index in [1.165, 1.54) is 24.9 Å². The molecule has 1 fully saturated rings. The molecule has 1 aliphatic carbocycles. The number of carbonyl (C=O) groups excluding carboxylic acids is 2. The zero-order valence-corrected chi connectivity index (χ0v) is 9.23. The molecule has 0 aromatic carbocycles. The maximum absolute atomic E-state index is 11.6. The molecule has 0 atom stereocenters. The first-order chi connectivity index (χ1) is 7.17. The molecule has 0 N–H and O–H groups in total. The average molecular weight is 211 g/mol. The number of amides is 1. The molecule has 4 nitrogen and oxygen atoms in total. The SMILES string of the molecule is CCN(CC(=O)OC)C(=O)C=CC1CC1. The van der Waals surface area contributed by atoms with E-state index in [2.05, 4.69) is 4.74 Å². The van der Waals surface area contributed by atoms with E-state index in [0.717, 1.165) is 0 Å². The maximum atomic E-state index is 11.6. The van der Waals surface area contributed by atoms with Gasteiger partial charge in [-0.25, -0.2) is 0 Å². The van der Waals surface area contributed by atoms with Crippen molar-refractivity contribution in [2.45, 2.75) is 19.8 Å². The van der Waals surface area contributed by atoms with Crippen LogP contribution in [0.4, 0.5) is 0 Å². The predicted octanol–water partition coefficient (Wildman–Crippen LogP) is 0.974. The van der Waals surface area contributed by atoms with E-state index in [1.807, 2.05) is 13.0 Å². The van der Waals surface area contributed by atoms with Crippen LogP contribution in [0.2, 0.25) is 0 Å². The van der Waals surface area contributed by atoms with Gasteiger partial charge in [0.25, 0.3) is 0 Å². The van der Waals surface area contributed by atoms with Gasteiger partial charge in [0.2, 0.25) is 5.91 Å². The average Bonchev–Trinajstić information content (AvgIpc) is 3.05. The predicted molar refractivity (Wildman–Crippen MR) is 56.1 cm³/mol. The van der Waals surface area contributed by atoms with Crippen LogP contribution in [0.3, 0.4) is 0 Å². The van der Waals surface area contributed by atoms with Gasteiger partial charge in [0.1, 0.15) is 6.54 Å². The number of nitrogens with zero attached hydrogens (tertiary/aromatic N) is 1. The first-order valence-corrected chi connectivity index (χ1v) is 5.21. The Hall–Kier alpha value is -1.32. The molecular formula is C11H17NO3. The van der Waals surface area contributed by atoms with E-state index in [-0.39, 0.29) is 18.4 Å². The van der Waals surface area contributed by atoms with E-state index in [4.69, 9.17) is 0 Å². The lowest BCUT2D eigenvalue weighted by molar-refractivity contribution is -0.145. The highest BCUT2D eigenvalue weighted by Gasteiger charge is 2.19. The number of esters is 1. The van der Waals surface area contributed by atoms with Crippen molar-refractivity contribution in [1.29, 1.82) is 0 Å². The molecule has 0 aromatic rings. The number of hydrogen-bond acceptors (Lipinski definition) is 3. The van der Waals surface area contributed by atoms with Crippen molar-refractivity contribution in [3.63, 3.8) is 0 Å². The smallest absolute Gasteiger partial charge is 0.325 e. The number of methoxy groups -OCH3 is 1. The standard InChI is InChI=1S/C11H17NO3/c1-3-12(8-11(14)15-2)10(13)7-6-9-4-5-9/h6-7,9H,3-5,8H2,1-2H3. The Morgan fingerprint density at radius 3 is 2.60 bits per heavy atom. The molecule has 0 bridgehead atoms. The third-order valence-electron chi connectivity index (χ3n) is 2.37. The van der Waals surface area contributed by atoms with Crippen LogP contribution in [0.25, 0.3) is 0 Å². The van der Waals surface area contributed by atoms with Crippen LogP contribution in [-0.2, 0) is 14.3 Å². The largest absolute Gasteiger partial charge is 0.468 e. The van der Waals surface area contributed by atoms with Crippen molar-refractivity contribution < 1.29 is 14.3 Å². The summed E-state index contributed by atoms with van der Waals surface area (Å²) in [5.74, 6) is 0.0746. The van der Waals surface area contributed by atoms with E-state index < -0.39 is 0 Å². The lowest BCUT2D eigenvalue weighted by Gasteiger charge is -2.17. The van der Waals surface area contributed by atoms with Crippen LogP contribution in [0.15, 0.2) is 12.2 Å². The highest BCUT2D eigenvalue weighted by Crippen LogP contribution is 2.29. The molecule has 0 radical (unpaired) electrons. The van der Waals surface area contributed by atoms with Gasteiger partial charge in [-0.3, -0.25) is 9.59 Å². The van der Waals surface area contributed by atoms with Crippen LogP contribution in [0.1, 0.15) is 19.8 Å². The molecular weight excluding hydrogens is 194 g/mol. The number of ether oxygens (including phenoxy) is 1. The molecule has 1 saturated carbocycles. The van der Waals surface area contributed by atoms with Gasteiger partial charge in [-0.2, -0.15) is 0 Å². The minimum Gasteiger partial charge on any atom is -0.468 e. The fraction of sp³-hybridized carbons (Fsp3) is 0.636. The van der Waals surface area contributed by atoms with E-state index >= 15 is 0 Å². The summed E-state index contributed by atoms with van der Waals surface area (Å²) in [6, 6.07) is 0. The van der Waals surface area contributed by atoms with Crippen molar-refractivity contribution in [1.82, 2.24) is 4.90 Å². The summed E-state index contributed by atoms with van der Waals surface area (Å²) in [6.45, 7) is 2.38. The lowest BCUT2D eigenvalue weighted by atomic mass is 10.3. The van der Waals surface area contributed by atoms with Gasteiger partial charge < -0.3 is 9.64 Å². The normalized spacial score (nSPS) is 15.3. The zero-order chi connectivity index (χ0) is 11.3. The Labute approximate surface area is 89.9 Å². The molecule has 4 heteroatoms. The fourth-order valence-electron chi connectivity index (χ4n) is 1.18. The summed E-state index contributed by atoms with van der Waals surface area (Å²) >= 11 is 0. The Morgan fingerprint density at radius 1 is 1.47 bits per heavy atom.